The Balaban J connectivity index is 0.000000199. The smallest absolute Gasteiger partial charge is 0.230 e. The number of hydrogen-bond acceptors (Lipinski definition) is 5. The molecule has 0 saturated heterocycles. The van der Waals surface area contributed by atoms with Crippen molar-refractivity contribution in [2.45, 2.75) is 129 Å². The van der Waals surface area contributed by atoms with Gasteiger partial charge in [0.1, 0.15) is 0 Å². The molecule has 0 atom stereocenters. The summed E-state index contributed by atoms with van der Waals surface area (Å²) in [6.07, 6.45) is 23.2. The van der Waals surface area contributed by atoms with Crippen LogP contribution in [0.15, 0.2) is 48.8 Å². The Morgan fingerprint density at radius 3 is 1.54 bits per heavy atom. The van der Waals surface area contributed by atoms with Gasteiger partial charge in [-0.3, -0.25) is 19.0 Å². The molecule has 0 spiro atoms. The number of fused-ring (bicyclic) bond motifs is 4. The van der Waals surface area contributed by atoms with Crippen LogP contribution in [0.5, 0.6) is 0 Å². The molecule has 0 radical (unpaired) electrons. The molecular formula is C47H64Cl3N7O2. The van der Waals surface area contributed by atoms with Gasteiger partial charge in [0.25, 0.3) is 0 Å². The molecule has 12 heteroatoms. The first-order chi connectivity index (χ1) is 28.1. The second kappa shape index (κ2) is 20.9. The summed E-state index contributed by atoms with van der Waals surface area (Å²) in [5.74, 6) is 2.10. The SMILES string of the molecule is CCCCCCCCC1CCC(C(=O)N2Cc3cnn(C)c3Cc3cc(Cl)ccc32)CC1.Cl.Cn1ncc2c1Cc1cc(Cl)ccc1N(C(=O)C1CCC(CN)CC1)C2. The third-order valence-corrected chi connectivity index (χ3v) is 14.0. The van der Waals surface area contributed by atoms with Gasteiger partial charge in [0, 0.05) is 82.7 Å². The predicted octanol–water partition coefficient (Wildman–Crippen LogP) is 10.8. The third-order valence-electron chi connectivity index (χ3n) is 13.6. The fraction of sp³-hybridized carbons (Fsp3) is 0.574. The average molecular weight is 865 g/mol. The Kier molecular flexibility index (Phi) is 16.0. The number of aryl methyl sites for hydroxylation is 2. The average Bonchev–Trinajstić information content (AvgIpc) is 3.63. The molecule has 4 heterocycles. The van der Waals surface area contributed by atoms with E-state index in [-0.39, 0.29) is 36.1 Å². The number of amides is 2. The van der Waals surface area contributed by atoms with Gasteiger partial charge in [-0.15, -0.1) is 12.4 Å². The van der Waals surface area contributed by atoms with Gasteiger partial charge in [-0.25, -0.2) is 0 Å². The van der Waals surface area contributed by atoms with Crippen LogP contribution in [0.2, 0.25) is 10.0 Å². The molecule has 0 bridgehead atoms. The van der Waals surface area contributed by atoms with Crippen molar-refractivity contribution in [3.05, 3.63) is 92.5 Å². The molecule has 2 aromatic carbocycles. The Morgan fingerprint density at radius 2 is 1.08 bits per heavy atom. The number of hydrogen-bond donors (Lipinski definition) is 1. The van der Waals surface area contributed by atoms with E-state index in [1.54, 1.807) is 0 Å². The summed E-state index contributed by atoms with van der Waals surface area (Å²) in [7, 11) is 3.93. The van der Waals surface area contributed by atoms with Crippen molar-refractivity contribution < 1.29 is 9.59 Å². The number of rotatable bonds is 10. The first-order valence-corrected chi connectivity index (χ1v) is 22.8. The first kappa shape index (κ1) is 45.2. The highest BCUT2D eigenvalue weighted by atomic mass is 35.5. The molecule has 9 nitrogen and oxygen atoms in total. The maximum absolute atomic E-state index is 13.7. The van der Waals surface area contributed by atoms with Crippen molar-refractivity contribution in [3.8, 4) is 0 Å². The van der Waals surface area contributed by atoms with E-state index in [1.807, 2.05) is 82.1 Å². The lowest BCUT2D eigenvalue weighted by Crippen LogP contribution is -2.38. The number of nitrogens with two attached hydrogens (primary N) is 1. The van der Waals surface area contributed by atoms with Crippen LogP contribution < -0.4 is 15.5 Å². The van der Waals surface area contributed by atoms with E-state index in [9.17, 15) is 9.59 Å². The molecule has 320 valence electrons. The lowest BCUT2D eigenvalue weighted by Gasteiger charge is -2.32. The monoisotopic (exact) mass is 863 g/mol. The summed E-state index contributed by atoms with van der Waals surface area (Å²) in [6.45, 7) is 4.18. The molecule has 0 unspecified atom stereocenters. The Labute approximate surface area is 367 Å². The van der Waals surface area contributed by atoms with Crippen LogP contribution in [-0.4, -0.2) is 37.9 Å². The number of anilines is 2. The molecular weight excluding hydrogens is 801 g/mol. The highest BCUT2D eigenvalue weighted by molar-refractivity contribution is 6.31. The molecule has 8 rings (SSSR count). The molecule has 4 aromatic rings. The van der Waals surface area contributed by atoms with Crippen molar-refractivity contribution in [1.82, 2.24) is 19.6 Å². The summed E-state index contributed by atoms with van der Waals surface area (Å²) in [5, 5.41) is 10.3. The minimum atomic E-state index is 0. The number of halogens is 3. The van der Waals surface area contributed by atoms with Crippen molar-refractivity contribution in [3.63, 3.8) is 0 Å². The van der Waals surface area contributed by atoms with Crippen LogP contribution in [0.4, 0.5) is 11.4 Å². The standard InChI is InChI=1S/C27H38ClN3O.C20H25ClN4O.ClH/c1-3-4-5-6-7-8-9-20-10-12-21(13-11-20)27(32)31-19-23-18-29-30(2)26(23)17-22-16-24(28)14-15-25(22)31;1-24-19-9-15-8-17(21)6-7-18(15)25(12-16(19)11-23-24)20(26)14-4-2-13(10-22)3-5-14;/h14-16,18,20-21H,3-13,17,19H2,1-2H3;6-8,11,13-14H,2-5,9-10,12,22H2,1H3;1H. The van der Waals surface area contributed by atoms with Crippen molar-refractivity contribution in [2.75, 3.05) is 16.3 Å². The van der Waals surface area contributed by atoms with Gasteiger partial charge in [-0.2, -0.15) is 10.2 Å². The normalized spacial score (nSPS) is 21.1. The first-order valence-electron chi connectivity index (χ1n) is 22.0. The maximum atomic E-state index is 13.7. The maximum Gasteiger partial charge on any atom is 0.230 e. The van der Waals surface area contributed by atoms with Crippen molar-refractivity contribution in [2.24, 2.45) is 43.5 Å². The number of carbonyl (C=O) groups excluding carboxylic acids is 2. The third kappa shape index (κ3) is 10.8. The number of carbonyl (C=O) groups is 2. The molecule has 59 heavy (non-hydrogen) atoms. The Bertz CT molecular complexity index is 2030. The second-order valence-corrected chi connectivity index (χ2v) is 18.3. The molecule has 2 aromatic heterocycles. The molecule has 2 aliphatic carbocycles. The van der Waals surface area contributed by atoms with Crippen LogP contribution in [0.25, 0.3) is 0 Å². The van der Waals surface area contributed by atoms with E-state index in [2.05, 4.69) is 17.1 Å². The van der Waals surface area contributed by atoms with Crippen LogP contribution in [0.3, 0.4) is 0 Å². The quantitative estimate of drug-likeness (QED) is 0.160. The zero-order valence-electron chi connectivity index (χ0n) is 35.3. The predicted molar refractivity (Wildman–Crippen MR) is 243 cm³/mol. The van der Waals surface area contributed by atoms with Crippen LogP contribution in [0, 0.1) is 23.7 Å². The van der Waals surface area contributed by atoms with Gasteiger partial charge in [0.05, 0.1) is 25.5 Å². The zero-order chi connectivity index (χ0) is 40.8. The molecule has 4 aliphatic rings. The van der Waals surface area contributed by atoms with Gasteiger partial charge >= 0.3 is 0 Å². The van der Waals surface area contributed by atoms with Crippen LogP contribution in [-0.2, 0) is 49.6 Å². The number of nitrogens with zero attached hydrogens (tertiary/aromatic N) is 6. The van der Waals surface area contributed by atoms with E-state index in [0.717, 1.165) is 108 Å². The minimum absolute atomic E-state index is 0. The largest absolute Gasteiger partial charge is 0.330 e. The highest BCUT2D eigenvalue weighted by Gasteiger charge is 2.35. The summed E-state index contributed by atoms with van der Waals surface area (Å²) in [5.41, 5.74) is 14.6. The summed E-state index contributed by atoms with van der Waals surface area (Å²) in [4.78, 5) is 31.1. The minimum Gasteiger partial charge on any atom is -0.330 e. The van der Waals surface area contributed by atoms with Gasteiger partial charge in [-0.05, 0) is 117 Å². The fourth-order valence-corrected chi connectivity index (χ4v) is 10.3. The second-order valence-electron chi connectivity index (χ2n) is 17.5. The van der Waals surface area contributed by atoms with E-state index >= 15 is 0 Å². The highest BCUT2D eigenvalue weighted by Crippen LogP contribution is 2.39. The molecule has 2 fully saturated rings. The van der Waals surface area contributed by atoms with Crippen LogP contribution in [0.1, 0.15) is 137 Å². The van der Waals surface area contributed by atoms with Gasteiger partial charge in [-0.1, -0.05) is 75.1 Å². The molecule has 2 N–H and O–H groups in total. The van der Waals surface area contributed by atoms with E-state index in [4.69, 9.17) is 28.9 Å². The van der Waals surface area contributed by atoms with Gasteiger partial charge in [0.15, 0.2) is 0 Å². The number of unbranched alkanes of at least 4 members (excludes halogenated alkanes) is 5. The number of aromatic nitrogens is 4. The summed E-state index contributed by atoms with van der Waals surface area (Å²) < 4.78 is 3.84. The van der Waals surface area contributed by atoms with E-state index in [1.165, 1.54) is 63.5 Å². The molecule has 2 aliphatic heterocycles. The van der Waals surface area contributed by atoms with Gasteiger partial charge < -0.3 is 15.5 Å². The van der Waals surface area contributed by atoms with E-state index in [0.29, 0.717) is 24.0 Å². The van der Waals surface area contributed by atoms with E-state index < -0.39 is 0 Å². The summed E-state index contributed by atoms with van der Waals surface area (Å²) >= 11 is 12.6. The van der Waals surface area contributed by atoms with Crippen LogP contribution >= 0.6 is 35.6 Å². The fourth-order valence-electron chi connectivity index (χ4n) is 9.92. The van der Waals surface area contributed by atoms with Gasteiger partial charge in [0.2, 0.25) is 11.8 Å². The topological polar surface area (TPSA) is 102 Å². The Hall–Kier alpha value is -3.37. The summed E-state index contributed by atoms with van der Waals surface area (Å²) in [6, 6.07) is 11.8. The Morgan fingerprint density at radius 1 is 0.644 bits per heavy atom. The molecule has 2 amide bonds. The lowest BCUT2D eigenvalue weighted by molar-refractivity contribution is -0.124. The van der Waals surface area contributed by atoms with Crippen molar-refractivity contribution >= 4 is 58.8 Å². The lowest BCUT2D eigenvalue weighted by atomic mass is 9.79. The molecule has 2 saturated carbocycles. The van der Waals surface area contributed by atoms with Crippen molar-refractivity contribution in [1.29, 1.82) is 0 Å². The number of benzene rings is 2. The zero-order valence-corrected chi connectivity index (χ0v) is 37.6.